The molecule has 0 aromatic heterocycles. The molecule has 0 amide bonds. The van der Waals surface area contributed by atoms with Gasteiger partial charge in [-0.05, 0) is 49.8 Å². The fraction of sp³-hybridized carbons (Fsp3) is 0.500. The highest BCUT2D eigenvalue weighted by molar-refractivity contribution is 5.31. The summed E-state index contributed by atoms with van der Waals surface area (Å²) in [5, 5.41) is 0. The molecule has 0 aliphatic heterocycles. The van der Waals surface area contributed by atoms with Crippen LogP contribution in [-0.2, 0) is 0 Å². The highest BCUT2D eigenvalue weighted by Crippen LogP contribution is 2.21. The molecule has 0 spiro atoms. The molecular weight excluding hydrogens is 220 g/mol. The van der Waals surface area contributed by atoms with Gasteiger partial charge in [0.1, 0.15) is 0 Å². The third-order valence-corrected chi connectivity index (χ3v) is 3.54. The molecule has 18 heavy (non-hydrogen) atoms. The molecule has 0 bridgehead atoms. The molecule has 0 heterocycles. The van der Waals surface area contributed by atoms with E-state index in [0.717, 1.165) is 12.8 Å². The number of hydrogen-bond donors (Lipinski definition) is 2. The minimum atomic E-state index is 0.271. The van der Waals surface area contributed by atoms with Crippen molar-refractivity contribution in [2.45, 2.75) is 52.0 Å². The number of rotatable bonds is 8. The standard InChI is InChI=1S/C16H26N2/c1-4-5-6-7-8-9-16(18-17)15-11-10-13(2)14(3)12-15/h4,10-12,16,18H,1,5-9,17H2,2-3H3. The first-order chi connectivity index (χ1) is 8.69. The maximum absolute atomic E-state index is 5.67. The Hall–Kier alpha value is -1.12. The second kappa shape index (κ2) is 8.06. The van der Waals surface area contributed by atoms with Crippen LogP contribution in [0.4, 0.5) is 0 Å². The van der Waals surface area contributed by atoms with E-state index in [1.165, 1.54) is 36.0 Å². The van der Waals surface area contributed by atoms with Gasteiger partial charge in [-0.1, -0.05) is 37.1 Å². The van der Waals surface area contributed by atoms with E-state index in [9.17, 15) is 0 Å². The molecule has 1 rings (SSSR count). The maximum Gasteiger partial charge on any atom is 0.0460 e. The van der Waals surface area contributed by atoms with Gasteiger partial charge >= 0.3 is 0 Å². The lowest BCUT2D eigenvalue weighted by Crippen LogP contribution is -2.28. The zero-order valence-corrected chi connectivity index (χ0v) is 11.7. The van der Waals surface area contributed by atoms with Crippen molar-refractivity contribution < 1.29 is 0 Å². The summed E-state index contributed by atoms with van der Waals surface area (Å²) in [6.45, 7) is 8.03. The van der Waals surface area contributed by atoms with Crippen LogP contribution in [0.2, 0.25) is 0 Å². The van der Waals surface area contributed by atoms with E-state index in [4.69, 9.17) is 5.84 Å². The molecule has 1 atom stereocenters. The minimum Gasteiger partial charge on any atom is -0.271 e. The van der Waals surface area contributed by atoms with Gasteiger partial charge in [0.2, 0.25) is 0 Å². The topological polar surface area (TPSA) is 38.0 Å². The predicted molar refractivity (Wildman–Crippen MR) is 79.3 cm³/mol. The van der Waals surface area contributed by atoms with Crippen LogP contribution < -0.4 is 11.3 Å². The highest BCUT2D eigenvalue weighted by Gasteiger charge is 2.09. The van der Waals surface area contributed by atoms with E-state index in [0.29, 0.717) is 0 Å². The fourth-order valence-electron chi connectivity index (χ4n) is 2.14. The van der Waals surface area contributed by atoms with E-state index in [1.807, 2.05) is 6.08 Å². The van der Waals surface area contributed by atoms with E-state index in [-0.39, 0.29) is 6.04 Å². The summed E-state index contributed by atoms with van der Waals surface area (Å²) in [6.07, 6.45) is 7.88. The van der Waals surface area contributed by atoms with Gasteiger partial charge in [-0.25, -0.2) is 0 Å². The van der Waals surface area contributed by atoms with Crippen LogP contribution in [0, 0.1) is 13.8 Å². The van der Waals surface area contributed by atoms with Gasteiger partial charge in [0, 0.05) is 6.04 Å². The van der Waals surface area contributed by atoms with Crippen molar-refractivity contribution in [1.29, 1.82) is 0 Å². The monoisotopic (exact) mass is 246 g/mol. The lowest BCUT2D eigenvalue weighted by molar-refractivity contribution is 0.483. The predicted octanol–water partition coefficient (Wildman–Crippen LogP) is 3.94. The normalized spacial score (nSPS) is 12.4. The van der Waals surface area contributed by atoms with Crippen LogP contribution in [0.15, 0.2) is 30.9 Å². The van der Waals surface area contributed by atoms with Gasteiger partial charge in [0.15, 0.2) is 0 Å². The van der Waals surface area contributed by atoms with Crippen LogP contribution in [0.1, 0.15) is 54.8 Å². The zero-order valence-electron chi connectivity index (χ0n) is 11.7. The van der Waals surface area contributed by atoms with Crippen molar-refractivity contribution in [3.05, 3.63) is 47.5 Å². The van der Waals surface area contributed by atoms with E-state index in [1.54, 1.807) is 0 Å². The Bertz CT molecular complexity index is 371. The van der Waals surface area contributed by atoms with Crippen molar-refractivity contribution >= 4 is 0 Å². The average molecular weight is 246 g/mol. The first-order valence-electron chi connectivity index (χ1n) is 6.83. The van der Waals surface area contributed by atoms with Gasteiger partial charge in [-0.3, -0.25) is 11.3 Å². The quantitative estimate of drug-likeness (QED) is 0.315. The summed E-state index contributed by atoms with van der Waals surface area (Å²) in [7, 11) is 0. The van der Waals surface area contributed by atoms with E-state index in [2.05, 4.69) is 44.1 Å². The van der Waals surface area contributed by atoms with Crippen molar-refractivity contribution in [1.82, 2.24) is 5.43 Å². The third kappa shape index (κ3) is 4.63. The molecule has 0 fully saturated rings. The molecule has 2 heteroatoms. The Balaban J connectivity index is 2.49. The molecule has 3 N–H and O–H groups in total. The number of allylic oxidation sites excluding steroid dienone is 1. The summed E-state index contributed by atoms with van der Waals surface area (Å²) in [5.41, 5.74) is 6.90. The lowest BCUT2D eigenvalue weighted by Gasteiger charge is -2.17. The molecule has 0 saturated carbocycles. The number of aryl methyl sites for hydroxylation is 2. The van der Waals surface area contributed by atoms with Crippen molar-refractivity contribution in [2.75, 3.05) is 0 Å². The summed E-state index contributed by atoms with van der Waals surface area (Å²) in [5.74, 6) is 5.67. The van der Waals surface area contributed by atoms with Gasteiger partial charge in [0.25, 0.3) is 0 Å². The number of unbranched alkanes of at least 4 members (excludes halogenated alkanes) is 3. The van der Waals surface area contributed by atoms with Crippen LogP contribution in [0.3, 0.4) is 0 Å². The number of hydrogen-bond acceptors (Lipinski definition) is 2. The molecule has 0 aliphatic carbocycles. The molecule has 100 valence electrons. The fourth-order valence-corrected chi connectivity index (χ4v) is 2.14. The molecule has 1 aromatic carbocycles. The van der Waals surface area contributed by atoms with Crippen LogP contribution >= 0.6 is 0 Å². The van der Waals surface area contributed by atoms with Gasteiger partial charge < -0.3 is 0 Å². The Kier molecular flexibility index (Phi) is 6.69. The van der Waals surface area contributed by atoms with Gasteiger partial charge in [-0.2, -0.15) is 0 Å². The Morgan fingerprint density at radius 3 is 2.61 bits per heavy atom. The SMILES string of the molecule is C=CCCCCCC(NN)c1ccc(C)c(C)c1. The molecule has 0 aliphatic rings. The first kappa shape index (κ1) is 14.9. The molecular formula is C16H26N2. The number of nitrogens with two attached hydrogens (primary N) is 1. The molecule has 0 saturated heterocycles. The summed E-state index contributed by atoms with van der Waals surface area (Å²) in [6, 6.07) is 6.86. The van der Waals surface area contributed by atoms with Crippen LogP contribution in [0.25, 0.3) is 0 Å². The van der Waals surface area contributed by atoms with E-state index >= 15 is 0 Å². The van der Waals surface area contributed by atoms with Crippen molar-refractivity contribution in [2.24, 2.45) is 5.84 Å². The number of nitrogens with one attached hydrogen (secondary N) is 1. The summed E-state index contributed by atoms with van der Waals surface area (Å²) < 4.78 is 0. The van der Waals surface area contributed by atoms with Crippen molar-refractivity contribution in [3.63, 3.8) is 0 Å². The number of benzene rings is 1. The first-order valence-corrected chi connectivity index (χ1v) is 6.83. The lowest BCUT2D eigenvalue weighted by atomic mass is 9.97. The summed E-state index contributed by atoms with van der Waals surface area (Å²) in [4.78, 5) is 0. The molecule has 1 aromatic rings. The Morgan fingerprint density at radius 1 is 1.22 bits per heavy atom. The molecule has 0 radical (unpaired) electrons. The minimum absolute atomic E-state index is 0.271. The largest absolute Gasteiger partial charge is 0.271 e. The summed E-state index contributed by atoms with van der Waals surface area (Å²) >= 11 is 0. The highest BCUT2D eigenvalue weighted by atomic mass is 15.2. The smallest absolute Gasteiger partial charge is 0.0460 e. The second-order valence-electron chi connectivity index (χ2n) is 4.99. The molecule has 1 unspecified atom stereocenters. The zero-order chi connectivity index (χ0) is 13.4. The Morgan fingerprint density at radius 2 is 2.00 bits per heavy atom. The van der Waals surface area contributed by atoms with Gasteiger partial charge in [-0.15, -0.1) is 6.58 Å². The van der Waals surface area contributed by atoms with Crippen LogP contribution in [0.5, 0.6) is 0 Å². The maximum atomic E-state index is 5.67. The number of hydrazine groups is 1. The average Bonchev–Trinajstić information content (AvgIpc) is 2.37. The molecule has 2 nitrogen and oxygen atoms in total. The Labute approximate surface area is 111 Å². The third-order valence-electron chi connectivity index (χ3n) is 3.54. The van der Waals surface area contributed by atoms with Gasteiger partial charge in [0.05, 0.1) is 0 Å². The van der Waals surface area contributed by atoms with Crippen LogP contribution in [-0.4, -0.2) is 0 Å². The second-order valence-corrected chi connectivity index (χ2v) is 4.99. The van der Waals surface area contributed by atoms with E-state index < -0.39 is 0 Å². The van der Waals surface area contributed by atoms with Crippen molar-refractivity contribution in [3.8, 4) is 0 Å².